The molecule has 0 radical (unpaired) electrons. The number of anilines is 1. The lowest BCUT2D eigenvalue weighted by Gasteiger charge is -2.32. The van der Waals surface area contributed by atoms with Crippen LogP contribution in [0.3, 0.4) is 0 Å². The molecule has 1 amide bonds. The maximum absolute atomic E-state index is 12.2. The third-order valence-electron chi connectivity index (χ3n) is 2.97. The van der Waals surface area contributed by atoms with Crippen molar-refractivity contribution in [3.63, 3.8) is 0 Å². The fourth-order valence-electron chi connectivity index (χ4n) is 1.91. The summed E-state index contributed by atoms with van der Waals surface area (Å²) in [5, 5.41) is 0. The van der Waals surface area contributed by atoms with Gasteiger partial charge in [0.25, 0.3) is 5.91 Å². The van der Waals surface area contributed by atoms with Crippen LogP contribution in [-0.2, 0) is 4.74 Å². The molecule has 0 saturated carbocycles. The number of hydrogen-bond donors (Lipinski definition) is 1. The first-order chi connectivity index (χ1) is 8.22. The minimum Gasteiger partial charge on any atom is -0.398 e. The minimum atomic E-state index is -0.0580. The zero-order valence-corrected chi connectivity index (χ0v) is 9.93. The summed E-state index contributed by atoms with van der Waals surface area (Å²) in [6.45, 7) is 3.88. The van der Waals surface area contributed by atoms with Crippen LogP contribution in [0.4, 0.5) is 5.69 Å². The van der Waals surface area contributed by atoms with E-state index >= 15 is 0 Å². The molecule has 1 aliphatic rings. The van der Waals surface area contributed by atoms with E-state index in [1.807, 2.05) is 0 Å². The Labute approximate surface area is 101 Å². The number of nitrogen functional groups attached to an aromatic ring is 1. The lowest BCUT2D eigenvalue weighted by molar-refractivity contribution is -0.0226. The average molecular weight is 235 g/mol. The molecule has 5 heteroatoms. The van der Waals surface area contributed by atoms with Crippen LogP contribution in [0.15, 0.2) is 18.5 Å². The summed E-state index contributed by atoms with van der Waals surface area (Å²) in [6.07, 6.45) is 4.14. The van der Waals surface area contributed by atoms with E-state index < -0.39 is 0 Å². The number of nitrogens with two attached hydrogens (primary N) is 1. The van der Waals surface area contributed by atoms with E-state index in [-0.39, 0.29) is 12.0 Å². The van der Waals surface area contributed by atoms with E-state index in [2.05, 4.69) is 11.9 Å². The van der Waals surface area contributed by atoms with Gasteiger partial charge in [0.05, 0.1) is 18.3 Å². The van der Waals surface area contributed by atoms with Gasteiger partial charge >= 0.3 is 0 Å². The van der Waals surface area contributed by atoms with Crippen molar-refractivity contribution in [2.75, 3.05) is 25.4 Å². The molecule has 0 spiro atoms. The van der Waals surface area contributed by atoms with Crippen molar-refractivity contribution in [2.24, 2.45) is 0 Å². The predicted molar refractivity (Wildman–Crippen MR) is 64.6 cm³/mol. The number of rotatable bonds is 2. The highest BCUT2D eigenvalue weighted by Crippen LogP contribution is 2.15. The largest absolute Gasteiger partial charge is 0.398 e. The Morgan fingerprint density at radius 1 is 1.71 bits per heavy atom. The van der Waals surface area contributed by atoms with Crippen molar-refractivity contribution in [3.05, 3.63) is 24.0 Å². The topological polar surface area (TPSA) is 68.5 Å². The second-order valence-corrected chi connectivity index (χ2v) is 4.12. The van der Waals surface area contributed by atoms with Crippen LogP contribution in [0.2, 0.25) is 0 Å². The standard InChI is InChI=1S/C12H17N3O2/c1-2-9-8-15(5-6-17-9)12(16)10-7-14-4-3-11(10)13/h3-4,7,9H,2,5-6,8H2,1H3,(H2,13,14). The lowest BCUT2D eigenvalue weighted by Crippen LogP contribution is -2.45. The number of carbonyl (C=O) groups is 1. The molecule has 2 N–H and O–H groups in total. The number of aromatic nitrogens is 1. The summed E-state index contributed by atoms with van der Waals surface area (Å²) in [5.41, 5.74) is 6.73. The van der Waals surface area contributed by atoms with E-state index in [0.717, 1.165) is 6.42 Å². The van der Waals surface area contributed by atoms with Gasteiger partial charge in [-0.15, -0.1) is 0 Å². The van der Waals surface area contributed by atoms with Crippen LogP contribution in [0, 0.1) is 0 Å². The van der Waals surface area contributed by atoms with Crippen LogP contribution in [0.25, 0.3) is 0 Å². The Hall–Kier alpha value is -1.62. The van der Waals surface area contributed by atoms with Crippen molar-refractivity contribution in [1.82, 2.24) is 9.88 Å². The third-order valence-corrected chi connectivity index (χ3v) is 2.97. The number of hydrogen-bond acceptors (Lipinski definition) is 4. The Kier molecular flexibility index (Phi) is 3.58. The quantitative estimate of drug-likeness (QED) is 0.827. The zero-order valence-electron chi connectivity index (χ0n) is 9.93. The number of ether oxygens (including phenoxy) is 1. The van der Waals surface area contributed by atoms with Gasteiger partial charge in [-0.3, -0.25) is 9.78 Å². The zero-order chi connectivity index (χ0) is 12.3. The first-order valence-corrected chi connectivity index (χ1v) is 5.82. The SMILES string of the molecule is CCC1CN(C(=O)c2cnccc2N)CCO1. The van der Waals surface area contributed by atoms with E-state index in [9.17, 15) is 4.79 Å². The van der Waals surface area contributed by atoms with Gasteiger partial charge in [0.15, 0.2) is 0 Å². The molecule has 1 atom stereocenters. The Morgan fingerprint density at radius 2 is 2.53 bits per heavy atom. The molecule has 1 aliphatic heterocycles. The average Bonchev–Trinajstić information content (AvgIpc) is 2.38. The summed E-state index contributed by atoms with van der Waals surface area (Å²) in [6, 6.07) is 1.64. The first-order valence-electron chi connectivity index (χ1n) is 5.82. The fourth-order valence-corrected chi connectivity index (χ4v) is 1.91. The van der Waals surface area contributed by atoms with Gasteiger partial charge in [-0.05, 0) is 12.5 Å². The summed E-state index contributed by atoms with van der Waals surface area (Å²) < 4.78 is 5.53. The molecule has 1 saturated heterocycles. The van der Waals surface area contributed by atoms with E-state index in [1.54, 1.807) is 17.2 Å². The maximum atomic E-state index is 12.2. The van der Waals surface area contributed by atoms with Gasteiger partial charge in [-0.2, -0.15) is 0 Å². The van der Waals surface area contributed by atoms with Crippen molar-refractivity contribution in [2.45, 2.75) is 19.4 Å². The van der Waals surface area contributed by atoms with Gasteiger partial charge < -0.3 is 15.4 Å². The number of pyridine rings is 1. The highest BCUT2D eigenvalue weighted by atomic mass is 16.5. The Bertz CT molecular complexity index is 408. The Morgan fingerprint density at radius 3 is 3.24 bits per heavy atom. The van der Waals surface area contributed by atoms with Crippen LogP contribution < -0.4 is 5.73 Å². The summed E-state index contributed by atoms with van der Waals surface area (Å²) in [7, 11) is 0. The summed E-state index contributed by atoms with van der Waals surface area (Å²) in [5.74, 6) is -0.0580. The molecule has 2 heterocycles. The molecule has 2 rings (SSSR count). The highest BCUT2D eigenvalue weighted by molar-refractivity contribution is 5.98. The second-order valence-electron chi connectivity index (χ2n) is 4.12. The number of nitrogens with zero attached hydrogens (tertiary/aromatic N) is 2. The number of amides is 1. The van der Waals surface area contributed by atoms with Crippen molar-refractivity contribution in [3.8, 4) is 0 Å². The molecule has 17 heavy (non-hydrogen) atoms. The first kappa shape index (κ1) is 11.9. The molecule has 1 aromatic rings. The third kappa shape index (κ3) is 2.55. The highest BCUT2D eigenvalue weighted by Gasteiger charge is 2.25. The van der Waals surface area contributed by atoms with Crippen LogP contribution in [0.1, 0.15) is 23.7 Å². The minimum absolute atomic E-state index is 0.0580. The van der Waals surface area contributed by atoms with Crippen molar-refractivity contribution >= 4 is 11.6 Å². The van der Waals surface area contributed by atoms with Gasteiger partial charge in [-0.1, -0.05) is 6.92 Å². The van der Waals surface area contributed by atoms with Gasteiger partial charge in [0, 0.05) is 31.2 Å². The number of morpholine rings is 1. The fraction of sp³-hybridized carbons (Fsp3) is 0.500. The van der Waals surface area contributed by atoms with Gasteiger partial charge in [-0.25, -0.2) is 0 Å². The molecule has 5 nitrogen and oxygen atoms in total. The van der Waals surface area contributed by atoms with Crippen molar-refractivity contribution < 1.29 is 9.53 Å². The van der Waals surface area contributed by atoms with Crippen molar-refractivity contribution in [1.29, 1.82) is 0 Å². The molecule has 0 aromatic carbocycles. The predicted octanol–water partition coefficient (Wildman–Crippen LogP) is 0.915. The molecule has 1 aromatic heterocycles. The molecule has 1 unspecified atom stereocenters. The second kappa shape index (κ2) is 5.14. The number of carbonyl (C=O) groups excluding carboxylic acids is 1. The lowest BCUT2D eigenvalue weighted by atomic mass is 10.1. The molecule has 0 aliphatic carbocycles. The van der Waals surface area contributed by atoms with E-state index in [0.29, 0.717) is 30.9 Å². The van der Waals surface area contributed by atoms with Crippen LogP contribution in [0.5, 0.6) is 0 Å². The molecule has 1 fully saturated rings. The Balaban J connectivity index is 2.12. The summed E-state index contributed by atoms with van der Waals surface area (Å²) in [4.78, 5) is 18.0. The maximum Gasteiger partial charge on any atom is 0.257 e. The van der Waals surface area contributed by atoms with Gasteiger partial charge in [0.2, 0.25) is 0 Å². The van der Waals surface area contributed by atoms with Crippen LogP contribution >= 0.6 is 0 Å². The molecular weight excluding hydrogens is 218 g/mol. The molecular formula is C12H17N3O2. The monoisotopic (exact) mass is 235 g/mol. The van der Waals surface area contributed by atoms with E-state index in [1.165, 1.54) is 6.20 Å². The van der Waals surface area contributed by atoms with E-state index in [4.69, 9.17) is 10.5 Å². The molecule has 0 bridgehead atoms. The smallest absolute Gasteiger partial charge is 0.257 e. The normalized spacial score (nSPS) is 20.3. The molecule has 92 valence electrons. The summed E-state index contributed by atoms with van der Waals surface area (Å²) >= 11 is 0. The van der Waals surface area contributed by atoms with Gasteiger partial charge in [0.1, 0.15) is 0 Å². The van der Waals surface area contributed by atoms with Crippen LogP contribution in [-0.4, -0.2) is 41.6 Å².